The maximum Gasteiger partial charge on any atom is 0.341 e. The minimum absolute atomic E-state index is 0.0649. The number of carbonyl (C=O) groups excluding carboxylic acids is 2. The summed E-state index contributed by atoms with van der Waals surface area (Å²) in [4.78, 5) is 27.9. The average molecular weight is 439 g/mol. The largest absolute Gasteiger partial charge is 0.465 e. The number of thiophene rings is 1. The number of likely N-dealkylation sites (N-methyl/N-ethyl adjacent to an activating group) is 1. The number of benzene rings is 1. The van der Waals surface area contributed by atoms with Crippen molar-refractivity contribution in [1.82, 2.24) is 4.90 Å². The van der Waals surface area contributed by atoms with Gasteiger partial charge in [-0.05, 0) is 68.9 Å². The Morgan fingerprint density at radius 3 is 2.29 bits per heavy atom. The van der Waals surface area contributed by atoms with Crippen molar-refractivity contribution in [3.63, 3.8) is 0 Å². The molecule has 4 aliphatic carbocycles. The molecule has 1 aromatic carbocycles. The molecular formula is C25H30N2O3S. The number of rotatable bonds is 6. The van der Waals surface area contributed by atoms with E-state index in [2.05, 4.69) is 17.3 Å². The summed E-state index contributed by atoms with van der Waals surface area (Å²) in [5.74, 6) is 2.03. The van der Waals surface area contributed by atoms with Crippen LogP contribution in [-0.2, 0) is 9.53 Å². The number of amides is 1. The normalized spacial score (nSPS) is 28.7. The first-order chi connectivity index (χ1) is 15.0. The molecule has 0 spiro atoms. The van der Waals surface area contributed by atoms with Gasteiger partial charge >= 0.3 is 5.97 Å². The Morgan fingerprint density at radius 2 is 1.71 bits per heavy atom. The van der Waals surface area contributed by atoms with Gasteiger partial charge in [0, 0.05) is 16.5 Å². The second kappa shape index (κ2) is 8.06. The van der Waals surface area contributed by atoms with Gasteiger partial charge in [0.25, 0.3) is 0 Å². The molecule has 31 heavy (non-hydrogen) atoms. The monoisotopic (exact) mass is 438 g/mol. The zero-order chi connectivity index (χ0) is 21.6. The molecule has 1 heterocycles. The lowest BCUT2D eigenvalue weighted by molar-refractivity contribution is -0.123. The van der Waals surface area contributed by atoms with E-state index in [1.54, 1.807) is 0 Å². The summed E-state index contributed by atoms with van der Waals surface area (Å²) in [6, 6.07) is 9.73. The molecule has 1 N–H and O–H groups in total. The van der Waals surface area contributed by atoms with Gasteiger partial charge in [-0.25, -0.2) is 4.79 Å². The first kappa shape index (κ1) is 20.7. The average Bonchev–Trinajstić information content (AvgIpc) is 3.16. The minimum Gasteiger partial charge on any atom is -0.465 e. The van der Waals surface area contributed by atoms with Crippen LogP contribution in [0.1, 0.15) is 48.9 Å². The molecule has 0 aliphatic heterocycles. The van der Waals surface area contributed by atoms with Crippen molar-refractivity contribution in [3.05, 3.63) is 41.3 Å². The second-order valence-electron chi connectivity index (χ2n) is 9.76. The van der Waals surface area contributed by atoms with E-state index < -0.39 is 5.97 Å². The first-order valence-electron chi connectivity index (χ1n) is 11.2. The molecule has 4 saturated carbocycles. The lowest BCUT2D eigenvalue weighted by Crippen LogP contribution is -2.59. The highest BCUT2D eigenvalue weighted by atomic mass is 32.1. The zero-order valence-electron chi connectivity index (χ0n) is 18.2. The van der Waals surface area contributed by atoms with E-state index in [9.17, 15) is 9.59 Å². The fourth-order valence-corrected chi connectivity index (χ4v) is 7.64. The summed E-state index contributed by atoms with van der Waals surface area (Å²) in [6.07, 6.45) is 7.85. The number of nitrogens with one attached hydrogen (secondary N) is 1. The second-order valence-corrected chi connectivity index (χ2v) is 10.6. The molecule has 6 heteroatoms. The van der Waals surface area contributed by atoms with E-state index in [4.69, 9.17) is 4.74 Å². The van der Waals surface area contributed by atoms with Gasteiger partial charge in [-0.2, -0.15) is 0 Å². The third-order valence-corrected chi connectivity index (χ3v) is 8.61. The molecule has 1 aromatic heterocycles. The van der Waals surface area contributed by atoms with Gasteiger partial charge in [-0.3, -0.25) is 9.69 Å². The predicted octanol–water partition coefficient (Wildman–Crippen LogP) is 5.04. The summed E-state index contributed by atoms with van der Waals surface area (Å²) in [6.45, 7) is 0.353. The number of methoxy groups -OCH3 is 1. The van der Waals surface area contributed by atoms with E-state index in [0.717, 1.165) is 28.9 Å². The van der Waals surface area contributed by atoms with Gasteiger partial charge in [-0.15, -0.1) is 11.3 Å². The molecule has 164 valence electrons. The molecule has 4 bridgehead atoms. The van der Waals surface area contributed by atoms with Crippen LogP contribution in [0.15, 0.2) is 35.7 Å². The van der Waals surface area contributed by atoms with Crippen molar-refractivity contribution < 1.29 is 14.3 Å². The topological polar surface area (TPSA) is 58.6 Å². The number of hydrogen-bond donors (Lipinski definition) is 1. The van der Waals surface area contributed by atoms with Crippen LogP contribution < -0.4 is 5.32 Å². The molecule has 1 amide bonds. The number of esters is 1. The van der Waals surface area contributed by atoms with Gasteiger partial charge in [0.2, 0.25) is 5.91 Å². The Labute approximate surface area is 187 Å². The maximum atomic E-state index is 13.0. The quantitative estimate of drug-likeness (QED) is 0.642. The number of carbonyl (C=O) groups is 2. The summed E-state index contributed by atoms with van der Waals surface area (Å²) in [5.41, 5.74) is 2.35. The Balaban J connectivity index is 1.33. The van der Waals surface area contributed by atoms with E-state index in [1.807, 2.05) is 35.7 Å². The van der Waals surface area contributed by atoms with Crippen LogP contribution in [-0.4, -0.2) is 43.0 Å². The van der Waals surface area contributed by atoms with Crippen LogP contribution in [0.3, 0.4) is 0 Å². The Kier molecular flexibility index (Phi) is 5.39. The summed E-state index contributed by atoms with van der Waals surface area (Å²) >= 11 is 1.38. The SMILES string of the molecule is COC(=O)c1c(-c2ccccc2)csc1NC(=O)CN(C)C12CC3CC(CC(C3)C1)C2. The number of anilines is 1. The van der Waals surface area contributed by atoms with Crippen LogP contribution >= 0.6 is 11.3 Å². The molecule has 4 fully saturated rings. The summed E-state index contributed by atoms with van der Waals surface area (Å²) in [5, 5.41) is 5.50. The molecule has 6 rings (SSSR count). The van der Waals surface area contributed by atoms with Crippen molar-refractivity contribution in [2.75, 3.05) is 26.0 Å². The highest BCUT2D eigenvalue weighted by Gasteiger charge is 2.52. The molecule has 4 aliphatic rings. The molecule has 0 unspecified atom stereocenters. The van der Waals surface area contributed by atoms with Gasteiger partial charge < -0.3 is 10.1 Å². The Morgan fingerprint density at radius 1 is 1.10 bits per heavy atom. The van der Waals surface area contributed by atoms with Crippen LogP contribution in [0.25, 0.3) is 11.1 Å². The lowest BCUT2D eigenvalue weighted by Gasteiger charge is -2.59. The van der Waals surface area contributed by atoms with Crippen molar-refractivity contribution >= 4 is 28.2 Å². The fraction of sp³-hybridized carbons (Fsp3) is 0.520. The van der Waals surface area contributed by atoms with Gasteiger partial charge in [0.15, 0.2) is 0 Å². The molecule has 0 atom stereocenters. The molecule has 5 nitrogen and oxygen atoms in total. The number of ether oxygens (including phenoxy) is 1. The van der Waals surface area contributed by atoms with Crippen molar-refractivity contribution in [1.29, 1.82) is 0 Å². The number of nitrogens with zero attached hydrogens (tertiary/aromatic N) is 1. The lowest BCUT2D eigenvalue weighted by atomic mass is 9.52. The highest BCUT2D eigenvalue weighted by Crippen LogP contribution is 2.57. The summed E-state index contributed by atoms with van der Waals surface area (Å²) < 4.78 is 5.03. The van der Waals surface area contributed by atoms with Gasteiger partial charge in [0.1, 0.15) is 10.6 Å². The fourth-order valence-electron chi connectivity index (χ4n) is 6.67. The molecule has 0 radical (unpaired) electrons. The zero-order valence-corrected chi connectivity index (χ0v) is 19.0. The Hall–Kier alpha value is -2.18. The molecule has 2 aromatic rings. The van der Waals surface area contributed by atoms with Crippen molar-refractivity contribution in [3.8, 4) is 11.1 Å². The van der Waals surface area contributed by atoms with Gasteiger partial charge in [0.05, 0.1) is 13.7 Å². The molecular weight excluding hydrogens is 408 g/mol. The van der Waals surface area contributed by atoms with Crippen LogP contribution in [0.2, 0.25) is 0 Å². The van der Waals surface area contributed by atoms with E-state index in [0.29, 0.717) is 17.1 Å². The van der Waals surface area contributed by atoms with E-state index >= 15 is 0 Å². The summed E-state index contributed by atoms with van der Waals surface area (Å²) in [7, 11) is 3.49. The first-order valence-corrected chi connectivity index (χ1v) is 12.1. The minimum atomic E-state index is -0.426. The standard InChI is InChI=1S/C25H30N2O3S/c1-27(25-11-16-8-17(12-25)10-18(9-16)13-25)14-21(28)26-23-22(24(29)30-2)20(15-31-23)19-6-4-3-5-7-19/h3-7,15-18H,8-14H2,1-2H3,(H,26,28). The van der Waals surface area contributed by atoms with E-state index in [-0.39, 0.29) is 11.4 Å². The predicted molar refractivity (Wildman–Crippen MR) is 123 cm³/mol. The van der Waals surface area contributed by atoms with Crippen LogP contribution in [0.5, 0.6) is 0 Å². The molecule has 0 saturated heterocycles. The Bertz CT molecular complexity index is 949. The maximum absolute atomic E-state index is 13.0. The third kappa shape index (κ3) is 3.80. The third-order valence-electron chi connectivity index (χ3n) is 7.71. The van der Waals surface area contributed by atoms with Gasteiger partial charge in [-0.1, -0.05) is 30.3 Å². The van der Waals surface area contributed by atoms with Crippen molar-refractivity contribution in [2.45, 2.75) is 44.1 Å². The van der Waals surface area contributed by atoms with Crippen LogP contribution in [0.4, 0.5) is 5.00 Å². The van der Waals surface area contributed by atoms with Crippen molar-refractivity contribution in [2.24, 2.45) is 17.8 Å². The van der Waals surface area contributed by atoms with Crippen LogP contribution in [0, 0.1) is 17.8 Å². The number of hydrogen-bond acceptors (Lipinski definition) is 5. The highest BCUT2D eigenvalue weighted by molar-refractivity contribution is 7.15. The van der Waals surface area contributed by atoms with E-state index in [1.165, 1.54) is 57.0 Å². The smallest absolute Gasteiger partial charge is 0.341 e.